The summed E-state index contributed by atoms with van der Waals surface area (Å²) in [5.41, 5.74) is 16.0. The van der Waals surface area contributed by atoms with Gasteiger partial charge in [0.05, 0.1) is 0 Å². The molecule has 51 heavy (non-hydrogen) atoms. The molecular formula is C48H39N3. The maximum atomic E-state index is 2.43. The van der Waals surface area contributed by atoms with Crippen LogP contribution in [-0.2, 0) is 38.9 Å². The molecule has 13 rings (SSSR count). The number of hydrogen-bond acceptors (Lipinski definition) is 0. The number of fused-ring (bicyclic) bond motifs is 6. The predicted molar refractivity (Wildman–Crippen MR) is 211 cm³/mol. The molecule has 3 nitrogen and oxygen atoms in total. The van der Waals surface area contributed by atoms with E-state index in [1.165, 1.54) is 82.8 Å². The average molecular weight is 658 g/mol. The Hall–Kier alpha value is -6.06. The fourth-order valence-electron chi connectivity index (χ4n) is 8.32. The highest BCUT2D eigenvalue weighted by Crippen LogP contribution is 2.29. The van der Waals surface area contributed by atoms with Crippen molar-refractivity contribution in [2.75, 3.05) is 0 Å². The Labute approximate surface area is 298 Å². The lowest BCUT2D eigenvalue weighted by molar-refractivity contribution is 0.829. The molecule has 0 saturated heterocycles. The van der Waals surface area contributed by atoms with Gasteiger partial charge in [-0.3, -0.25) is 0 Å². The van der Waals surface area contributed by atoms with E-state index in [1.807, 2.05) is 0 Å². The highest BCUT2D eigenvalue weighted by atomic mass is 15.0. The molecule has 12 bridgehead atoms. The van der Waals surface area contributed by atoms with E-state index in [0.29, 0.717) is 0 Å². The molecule has 0 N–H and O–H groups in total. The summed E-state index contributed by atoms with van der Waals surface area (Å²) in [5.74, 6) is 0. The summed E-state index contributed by atoms with van der Waals surface area (Å²) in [6.07, 6.45) is 9.85. The van der Waals surface area contributed by atoms with Gasteiger partial charge >= 0.3 is 0 Å². The molecule has 0 saturated carbocycles. The molecule has 0 fully saturated rings. The summed E-state index contributed by atoms with van der Waals surface area (Å²) in [6, 6.07) is 54.3. The SMILES string of the molecule is c1ccc2c(c1)c1cn2Cc2ccc(cc2)Cc2cn(c3ccccc23)Cc2ccc(cc2)Cc2cn(c3ccccc23)Cc2ccc(cc2)C1. The summed E-state index contributed by atoms with van der Waals surface area (Å²) >= 11 is 0. The smallest absolute Gasteiger partial charge is 0.0486 e. The molecule has 246 valence electrons. The zero-order valence-electron chi connectivity index (χ0n) is 28.7. The fourth-order valence-corrected chi connectivity index (χ4v) is 8.32. The summed E-state index contributed by atoms with van der Waals surface area (Å²) in [6.45, 7) is 2.56. The zero-order valence-corrected chi connectivity index (χ0v) is 28.7. The van der Waals surface area contributed by atoms with Gasteiger partial charge in [-0.05, 0) is 87.5 Å². The van der Waals surface area contributed by atoms with E-state index in [1.54, 1.807) is 0 Å². The minimum Gasteiger partial charge on any atom is -0.343 e. The summed E-state index contributed by atoms with van der Waals surface area (Å²) in [4.78, 5) is 0. The molecular weight excluding hydrogens is 619 g/mol. The summed E-state index contributed by atoms with van der Waals surface area (Å²) < 4.78 is 7.28. The van der Waals surface area contributed by atoms with Crippen LogP contribution in [0.2, 0.25) is 0 Å². The van der Waals surface area contributed by atoms with Gasteiger partial charge in [0, 0.05) is 70.9 Å². The number of nitrogens with zero attached hydrogens (tertiary/aromatic N) is 3. The van der Waals surface area contributed by atoms with Crippen LogP contribution in [0.25, 0.3) is 32.7 Å². The molecule has 4 aliphatic heterocycles. The van der Waals surface area contributed by atoms with Crippen LogP contribution < -0.4 is 0 Å². The van der Waals surface area contributed by atoms with Crippen molar-refractivity contribution in [3.63, 3.8) is 0 Å². The highest BCUT2D eigenvalue weighted by molar-refractivity contribution is 5.86. The Morgan fingerprint density at radius 3 is 0.824 bits per heavy atom. The van der Waals surface area contributed by atoms with E-state index in [4.69, 9.17) is 0 Å². The van der Waals surface area contributed by atoms with Crippen LogP contribution in [0.15, 0.2) is 164 Å². The Morgan fingerprint density at radius 1 is 0.275 bits per heavy atom. The van der Waals surface area contributed by atoms with Crippen molar-refractivity contribution < 1.29 is 0 Å². The minimum absolute atomic E-state index is 0.852. The molecule has 9 aromatic rings. The standard InChI is InChI=1S/C48H39N3/c1-4-10-46-43(7-1)40-25-34-13-19-38(20-14-34)29-50-32-42(45-9-2-5-11-47(45)50)27-36-17-23-39(24-18-36)30-51-33-41(44-8-3-6-12-48(44)51)26-35-15-21-37(22-16-35)28-49(46)31-40/h1-24,31-33H,25-30H2. The molecule has 0 spiro atoms. The normalized spacial score (nSPS) is 13.4. The first-order chi connectivity index (χ1) is 25.2. The summed E-state index contributed by atoms with van der Waals surface area (Å²) in [5, 5.41) is 4.01. The molecule has 0 amide bonds. The van der Waals surface area contributed by atoms with E-state index < -0.39 is 0 Å². The third-order valence-corrected chi connectivity index (χ3v) is 10.9. The number of para-hydroxylation sites is 3. The molecule has 0 atom stereocenters. The maximum Gasteiger partial charge on any atom is 0.0486 e. The van der Waals surface area contributed by atoms with Crippen molar-refractivity contribution in [3.05, 3.63) is 214 Å². The Kier molecular flexibility index (Phi) is 7.23. The van der Waals surface area contributed by atoms with Gasteiger partial charge in [-0.15, -0.1) is 0 Å². The van der Waals surface area contributed by atoms with Crippen molar-refractivity contribution in [1.82, 2.24) is 13.7 Å². The second kappa shape index (κ2) is 12.4. The summed E-state index contributed by atoms with van der Waals surface area (Å²) in [7, 11) is 0. The van der Waals surface area contributed by atoms with Crippen LogP contribution >= 0.6 is 0 Å². The second-order valence-electron chi connectivity index (χ2n) is 14.4. The molecule has 7 heterocycles. The van der Waals surface area contributed by atoms with E-state index in [0.717, 1.165) is 38.9 Å². The van der Waals surface area contributed by atoms with Crippen molar-refractivity contribution in [3.8, 4) is 0 Å². The lowest BCUT2D eigenvalue weighted by atomic mass is 10.0. The van der Waals surface area contributed by atoms with E-state index in [-0.39, 0.29) is 0 Å². The van der Waals surface area contributed by atoms with Gasteiger partial charge in [-0.2, -0.15) is 0 Å². The van der Waals surface area contributed by atoms with Gasteiger partial charge in [-0.25, -0.2) is 0 Å². The van der Waals surface area contributed by atoms with Crippen LogP contribution in [0.1, 0.15) is 50.1 Å². The highest BCUT2D eigenvalue weighted by Gasteiger charge is 2.14. The zero-order chi connectivity index (χ0) is 33.7. The van der Waals surface area contributed by atoms with Crippen molar-refractivity contribution in [1.29, 1.82) is 0 Å². The van der Waals surface area contributed by atoms with Gasteiger partial charge in [0.2, 0.25) is 0 Å². The van der Waals surface area contributed by atoms with E-state index in [2.05, 4.69) is 178 Å². The molecule has 6 aromatic carbocycles. The number of rotatable bonds is 0. The number of hydrogen-bond donors (Lipinski definition) is 0. The molecule has 0 unspecified atom stereocenters. The van der Waals surface area contributed by atoms with Crippen molar-refractivity contribution in [2.45, 2.75) is 38.9 Å². The average Bonchev–Trinajstić information content (AvgIpc) is 3.82. The van der Waals surface area contributed by atoms with E-state index >= 15 is 0 Å². The molecule has 3 aromatic heterocycles. The van der Waals surface area contributed by atoms with E-state index in [9.17, 15) is 0 Å². The van der Waals surface area contributed by atoms with Gasteiger partial charge in [-0.1, -0.05) is 127 Å². The van der Waals surface area contributed by atoms with Crippen LogP contribution in [-0.4, -0.2) is 13.7 Å². The lowest BCUT2D eigenvalue weighted by Crippen LogP contribution is -1.99. The quantitative estimate of drug-likeness (QED) is 0.154. The first kappa shape index (κ1) is 29.8. The topological polar surface area (TPSA) is 14.8 Å². The third-order valence-electron chi connectivity index (χ3n) is 10.9. The fraction of sp³-hybridized carbons (Fsp3) is 0.125. The minimum atomic E-state index is 0.852. The lowest BCUT2D eigenvalue weighted by Gasteiger charge is -2.08. The monoisotopic (exact) mass is 657 g/mol. The largest absolute Gasteiger partial charge is 0.343 e. The molecule has 0 radical (unpaired) electrons. The maximum absolute atomic E-state index is 2.43. The van der Waals surface area contributed by atoms with Crippen LogP contribution in [0, 0.1) is 0 Å². The Morgan fingerprint density at radius 2 is 0.529 bits per heavy atom. The molecule has 0 aliphatic carbocycles. The number of aromatic nitrogens is 3. The van der Waals surface area contributed by atoms with Crippen LogP contribution in [0.3, 0.4) is 0 Å². The Balaban J connectivity index is 1.05. The number of benzene rings is 6. The van der Waals surface area contributed by atoms with Crippen molar-refractivity contribution in [2.24, 2.45) is 0 Å². The predicted octanol–water partition coefficient (Wildman–Crippen LogP) is 10.8. The third kappa shape index (κ3) is 5.65. The van der Waals surface area contributed by atoms with Gasteiger partial charge < -0.3 is 13.7 Å². The van der Waals surface area contributed by atoms with Crippen LogP contribution in [0.4, 0.5) is 0 Å². The van der Waals surface area contributed by atoms with Gasteiger partial charge in [0.15, 0.2) is 0 Å². The van der Waals surface area contributed by atoms with Gasteiger partial charge in [0.25, 0.3) is 0 Å². The first-order valence-electron chi connectivity index (χ1n) is 18.1. The van der Waals surface area contributed by atoms with Crippen LogP contribution in [0.5, 0.6) is 0 Å². The van der Waals surface area contributed by atoms with Gasteiger partial charge in [0.1, 0.15) is 0 Å². The Bertz CT molecular complexity index is 2190. The first-order valence-corrected chi connectivity index (χ1v) is 18.1. The molecule has 4 aliphatic rings. The molecule has 3 heteroatoms. The second-order valence-corrected chi connectivity index (χ2v) is 14.4. The van der Waals surface area contributed by atoms with Crippen molar-refractivity contribution >= 4 is 32.7 Å².